The third-order valence-electron chi connectivity index (χ3n) is 3.34. The molecule has 0 aliphatic carbocycles. The molecule has 23 heavy (non-hydrogen) atoms. The number of hydrogen-bond acceptors (Lipinski definition) is 4. The molecule has 116 valence electrons. The summed E-state index contributed by atoms with van der Waals surface area (Å²) in [5, 5.41) is 2.70. The zero-order valence-electron chi connectivity index (χ0n) is 12.3. The standard InChI is InChI=1S/C17H15N3O3/c21-16(19-9-14-7-4-8-23-14)11-20-12-18-10-15(17(20)22)13-5-2-1-3-6-13/h1-8,10,12H,9,11H2,(H,19,21). The summed E-state index contributed by atoms with van der Waals surface area (Å²) in [4.78, 5) is 28.5. The number of furan rings is 1. The Morgan fingerprint density at radius 2 is 2.00 bits per heavy atom. The number of nitrogens with zero attached hydrogens (tertiary/aromatic N) is 2. The molecule has 0 bridgehead atoms. The SMILES string of the molecule is O=C(Cn1cncc(-c2ccccc2)c1=O)NCc1ccco1. The Hall–Kier alpha value is -3.15. The summed E-state index contributed by atoms with van der Waals surface area (Å²) in [7, 11) is 0. The van der Waals surface area contributed by atoms with Crippen molar-refractivity contribution in [3.63, 3.8) is 0 Å². The molecule has 3 rings (SSSR count). The van der Waals surface area contributed by atoms with E-state index in [-0.39, 0.29) is 24.6 Å². The van der Waals surface area contributed by atoms with Crippen LogP contribution < -0.4 is 10.9 Å². The molecule has 2 heterocycles. The Morgan fingerprint density at radius 3 is 2.74 bits per heavy atom. The summed E-state index contributed by atoms with van der Waals surface area (Å²) in [5.41, 5.74) is 0.988. The minimum atomic E-state index is -0.282. The van der Waals surface area contributed by atoms with Crippen LogP contribution in [0.1, 0.15) is 5.76 Å². The number of aromatic nitrogens is 2. The van der Waals surface area contributed by atoms with Crippen molar-refractivity contribution in [2.75, 3.05) is 0 Å². The second-order valence-corrected chi connectivity index (χ2v) is 4.96. The van der Waals surface area contributed by atoms with Gasteiger partial charge in [0.15, 0.2) is 0 Å². The van der Waals surface area contributed by atoms with Crippen LogP contribution in [-0.2, 0) is 17.9 Å². The van der Waals surface area contributed by atoms with Crippen LogP contribution in [0.4, 0.5) is 0 Å². The van der Waals surface area contributed by atoms with E-state index >= 15 is 0 Å². The van der Waals surface area contributed by atoms with E-state index in [1.54, 1.807) is 18.4 Å². The van der Waals surface area contributed by atoms with E-state index in [0.29, 0.717) is 11.3 Å². The minimum absolute atomic E-state index is 0.0901. The molecule has 1 amide bonds. The monoisotopic (exact) mass is 309 g/mol. The number of carbonyl (C=O) groups excluding carboxylic acids is 1. The van der Waals surface area contributed by atoms with Crippen LogP contribution in [0.5, 0.6) is 0 Å². The van der Waals surface area contributed by atoms with Crippen molar-refractivity contribution >= 4 is 5.91 Å². The predicted molar refractivity (Wildman–Crippen MR) is 84.5 cm³/mol. The van der Waals surface area contributed by atoms with Gasteiger partial charge in [-0.05, 0) is 17.7 Å². The van der Waals surface area contributed by atoms with E-state index in [0.717, 1.165) is 5.56 Å². The van der Waals surface area contributed by atoms with Gasteiger partial charge in [0.2, 0.25) is 5.91 Å². The fourth-order valence-electron chi connectivity index (χ4n) is 2.19. The minimum Gasteiger partial charge on any atom is -0.467 e. The van der Waals surface area contributed by atoms with Gasteiger partial charge in [-0.25, -0.2) is 4.98 Å². The Bertz CT molecular complexity index is 839. The molecule has 0 fully saturated rings. The highest BCUT2D eigenvalue weighted by Crippen LogP contribution is 2.12. The molecule has 0 saturated carbocycles. The van der Waals surface area contributed by atoms with Crippen LogP contribution in [0.3, 0.4) is 0 Å². The van der Waals surface area contributed by atoms with Gasteiger partial charge in [0.05, 0.1) is 24.7 Å². The first kappa shape index (κ1) is 14.8. The smallest absolute Gasteiger partial charge is 0.261 e. The molecular weight excluding hydrogens is 294 g/mol. The first-order valence-electron chi connectivity index (χ1n) is 7.13. The molecule has 0 aliphatic heterocycles. The highest BCUT2D eigenvalue weighted by molar-refractivity contribution is 5.75. The Balaban J connectivity index is 1.73. The lowest BCUT2D eigenvalue weighted by atomic mass is 10.1. The maximum absolute atomic E-state index is 12.5. The van der Waals surface area contributed by atoms with E-state index in [2.05, 4.69) is 10.3 Å². The van der Waals surface area contributed by atoms with Gasteiger partial charge in [0.1, 0.15) is 12.3 Å². The number of benzene rings is 1. The fourth-order valence-corrected chi connectivity index (χ4v) is 2.19. The van der Waals surface area contributed by atoms with Gasteiger partial charge in [0, 0.05) is 6.20 Å². The average molecular weight is 309 g/mol. The van der Waals surface area contributed by atoms with Crippen molar-refractivity contribution in [3.05, 3.63) is 77.4 Å². The molecule has 6 heteroatoms. The average Bonchev–Trinajstić information content (AvgIpc) is 3.09. The van der Waals surface area contributed by atoms with Crippen molar-refractivity contribution in [2.24, 2.45) is 0 Å². The normalized spacial score (nSPS) is 10.4. The van der Waals surface area contributed by atoms with Crippen LogP contribution in [0.25, 0.3) is 11.1 Å². The third-order valence-corrected chi connectivity index (χ3v) is 3.34. The van der Waals surface area contributed by atoms with Gasteiger partial charge in [-0.15, -0.1) is 0 Å². The third kappa shape index (κ3) is 3.55. The molecule has 3 aromatic rings. The van der Waals surface area contributed by atoms with E-state index in [4.69, 9.17) is 4.42 Å². The van der Waals surface area contributed by atoms with Crippen LogP contribution in [0, 0.1) is 0 Å². The second-order valence-electron chi connectivity index (χ2n) is 4.96. The first-order valence-corrected chi connectivity index (χ1v) is 7.13. The largest absolute Gasteiger partial charge is 0.467 e. The van der Waals surface area contributed by atoms with Gasteiger partial charge in [-0.2, -0.15) is 0 Å². The first-order chi connectivity index (χ1) is 11.2. The molecule has 0 atom stereocenters. The lowest BCUT2D eigenvalue weighted by Crippen LogP contribution is -2.32. The maximum Gasteiger partial charge on any atom is 0.261 e. The zero-order chi connectivity index (χ0) is 16.1. The van der Waals surface area contributed by atoms with Gasteiger partial charge in [0.25, 0.3) is 5.56 Å². The topological polar surface area (TPSA) is 77.1 Å². The van der Waals surface area contributed by atoms with Crippen LogP contribution in [-0.4, -0.2) is 15.5 Å². The summed E-state index contributed by atoms with van der Waals surface area (Å²) >= 11 is 0. The molecular formula is C17H15N3O3. The van der Waals surface area contributed by atoms with Gasteiger partial charge >= 0.3 is 0 Å². The zero-order valence-corrected chi connectivity index (χ0v) is 12.3. The van der Waals surface area contributed by atoms with E-state index in [1.165, 1.54) is 17.1 Å². The summed E-state index contributed by atoms with van der Waals surface area (Å²) in [5.74, 6) is 0.373. The van der Waals surface area contributed by atoms with Crippen molar-refractivity contribution in [1.29, 1.82) is 0 Å². The number of rotatable bonds is 5. The van der Waals surface area contributed by atoms with Crippen molar-refractivity contribution in [3.8, 4) is 11.1 Å². The fraction of sp³-hybridized carbons (Fsp3) is 0.118. The van der Waals surface area contributed by atoms with Gasteiger partial charge in [-0.1, -0.05) is 30.3 Å². The second kappa shape index (κ2) is 6.74. The van der Waals surface area contributed by atoms with Crippen LogP contribution in [0.2, 0.25) is 0 Å². The van der Waals surface area contributed by atoms with Gasteiger partial charge < -0.3 is 9.73 Å². The van der Waals surface area contributed by atoms with Gasteiger partial charge in [-0.3, -0.25) is 14.2 Å². The Labute approximate surface area is 132 Å². The number of amides is 1. The molecule has 0 radical (unpaired) electrons. The highest BCUT2D eigenvalue weighted by Gasteiger charge is 2.09. The molecule has 6 nitrogen and oxygen atoms in total. The lowest BCUT2D eigenvalue weighted by molar-refractivity contribution is -0.122. The van der Waals surface area contributed by atoms with E-state index in [1.807, 2.05) is 30.3 Å². The quantitative estimate of drug-likeness (QED) is 0.780. The number of carbonyl (C=O) groups is 1. The molecule has 0 unspecified atom stereocenters. The summed E-state index contributed by atoms with van der Waals surface area (Å²) in [6, 6.07) is 12.8. The molecule has 0 saturated heterocycles. The molecule has 2 aromatic heterocycles. The van der Waals surface area contributed by atoms with E-state index < -0.39 is 0 Å². The Morgan fingerprint density at radius 1 is 1.17 bits per heavy atom. The highest BCUT2D eigenvalue weighted by atomic mass is 16.3. The molecule has 1 aromatic carbocycles. The number of nitrogens with one attached hydrogen (secondary N) is 1. The molecule has 0 spiro atoms. The van der Waals surface area contributed by atoms with Crippen LogP contribution in [0.15, 0.2) is 70.5 Å². The van der Waals surface area contributed by atoms with Crippen molar-refractivity contribution in [1.82, 2.24) is 14.9 Å². The molecule has 1 N–H and O–H groups in total. The van der Waals surface area contributed by atoms with Crippen LogP contribution >= 0.6 is 0 Å². The van der Waals surface area contributed by atoms with E-state index in [9.17, 15) is 9.59 Å². The maximum atomic E-state index is 12.5. The van der Waals surface area contributed by atoms with Crippen molar-refractivity contribution < 1.29 is 9.21 Å². The Kier molecular flexibility index (Phi) is 4.33. The van der Waals surface area contributed by atoms with Crippen molar-refractivity contribution in [2.45, 2.75) is 13.1 Å². The molecule has 0 aliphatic rings. The lowest BCUT2D eigenvalue weighted by Gasteiger charge is -2.08. The summed E-state index contributed by atoms with van der Waals surface area (Å²) < 4.78 is 6.43. The summed E-state index contributed by atoms with van der Waals surface area (Å²) in [6.07, 6.45) is 4.41. The summed E-state index contributed by atoms with van der Waals surface area (Å²) in [6.45, 7) is 0.194. The number of hydrogen-bond donors (Lipinski definition) is 1. The predicted octanol–water partition coefficient (Wildman–Crippen LogP) is 1.82.